The molecule has 1 aromatic rings. The van der Waals surface area contributed by atoms with Gasteiger partial charge in [0.2, 0.25) is 11.8 Å². The van der Waals surface area contributed by atoms with Crippen LogP contribution >= 0.6 is 0 Å². The third-order valence-electron chi connectivity index (χ3n) is 3.27. The molecule has 1 heterocycles. The van der Waals surface area contributed by atoms with Crippen LogP contribution in [0, 0.1) is 5.41 Å². The summed E-state index contributed by atoms with van der Waals surface area (Å²) in [4.78, 5) is 8.61. The molecule has 0 aliphatic carbocycles. The molecule has 0 radical (unpaired) electrons. The molecule has 0 amide bonds. The van der Waals surface area contributed by atoms with Crippen LogP contribution in [0.5, 0.6) is 5.88 Å². The second-order valence-corrected chi connectivity index (χ2v) is 6.04. The summed E-state index contributed by atoms with van der Waals surface area (Å²) < 4.78 is 5.52. The summed E-state index contributed by atoms with van der Waals surface area (Å²) in [5.74, 6) is 1.30. The van der Waals surface area contributed by atoms with Gasteiger partial charge in [-0.15, -0.1) is 0 Å². The van der Waals surface area contributed by atoms with Crippen molar-refractivity contribution in [1.82, 2.24) is 9.97 Å². The number of ether oxygens (including phenoxy) is 1. The Morgan fingerprint density at radius 2 is 2.00 bits per heavy atom. The first-order valence-electron chi connectivity index (χ1n) is 7.77. The largest absolute Gasteiger partial charge is 0.478 e. The Balaban J connectivity index is 2.43. The first-order valence-corrected chi connectivity index (χ1v) is 7.77. The van der Waals surface area contributed by atoms with Crippen LogP contribution in [0.15, 0.2) is 12.3 Å². The fourth-order valence-corrected chi connectivity index (χ4v) is 1.97. The molecular formula is C16H29N3O. The maximum absolute atomic E-state index is 5.52. The van der Waals surface area contributed by atoms with E-state index >= 15 is 0 Å². The van der Waals surface area contributed by atoms with Crippen LogP contribution < -0.4 is 10.1 Å². The van der Waals surface area contributed by atoms with Gasteiger partial charge in [0.05, 0.1) is 6.61 Å². The predicted molar refractivity (Wildman–Crippen MR) is 84.2 cm³/mol. The lowest BCUT2D eigenvalue weighted by Gasteiger charge is -2.24. The van der Waals surface area contributed by atoms with E-state index in [0.717, 1.165) is 13.0 Å². The van der Waals surface area contributed by atoms with Crippen LogP contribution in [0.2, 0.25) is 0 Å². The standard InChI is InChI=1S/C16H29N3O/c1-5-7-8-10-16(3,4)13-18-15-17-11-9-14(19-15)20-12-6-2/h9,11H,5-8,10,12-13H2,1-4H3,(H,17,18,19). The minimum atomic E-state index is 0.263. The van der Waals surface area contributed by atoms with Gasteiger partial charge in [0.15, 0.2) is 0 Å². The third kappa shape index (κ3) is 6.73. The highest BCUT2D eigenvalue weighted by Crippen LogP contribution is 2.24. The van der Waals surface area contributed by atoms with Crippen molar-refractivity contribution in [2.45, 2.75) is 59.8 Å². The molecule has 4 heteroatoms. The summed E-state index contributed by atoms with van der Waals surface area (Å²) in [7, 11) is 0. The maximum atomic E-state index is 5.52. The van der Waals surface area contributed by atoms with E-state index in [4.69, 9.17) is 4.74 Å². The molecule has 0 bridgehead atoms. The number of rotatable bonds is 10. The average molecular weight is 279 g/mol. The molecule has 1 N–H and O–H groups in total. The number of hydrogen-bond acceptors (Lipinski definition) is 4. The zero-order valence-corrected chi connectivity index (χ0v) is 13.4. The van der Waals surface area contributed by atoms with Crippen LogP contribution in [0.3, 0.4) is 0 Å². The quantitative estimate of drug-likeness (QED) is 0.649. The number of aromatic nitrogens is 2. The number of anilines is 1. The van der Waals surface area contributed by atoms with Crippen LogP contribution in [0.4, 0.5) is 5.95 Å². The van der Waals surface area contributed by atoms with Gasteiger partial charge in [-0.1, -0.05) is 47.0 Å². The van der Waals surface area contributed by atoms with E-state index in [2.05, 4.69) is 43.0 Å². The zero-order chi connectivity index (χ0) is 14.8. The van der Waals surface area contributed by atoms with Gasteiger partial charge in [0, 0.05) is 18.8 Å². The normalized spacial score (nSPS) is 11.4. The summed E-state index contributed by atoms with van der Waals surface area (Å²) in [5.41, 5.74) is 0.263. The molecular weight excluding hydrogens is 250 g/mol. The highest BCUT2D eigenvalue weighted by atomic mass is 16.5. The van der Waals surface area contributed by atoms with Crippen LogP contribution in [-0.2, 0) is 0 Å². The van der Waals surface area contributed by atoms with E-state index in [-0.39, 0.29) is 5.41 Å². The monoisotopic (exact) mass is 279 g/mol. The summed E-state index contributed by atoms with van der Waals surface area (Å²) in [6, 6.07) is 1.80. The van der Waals surface area contributed by atoms with Crippen molar-refractivity contribution < 1.29 is 4.74 Å². The minimum Gasteiger partial charge on any atom is -0.478 e. The smallest absolute Gasteiger partial charge is 0.225 e. The molecule has 0 spiro atoms. The fourth-order valence-electron chi connectivity index (χ4n) is 1.97. The van der Waals surface area contributed by atoms with Gasteiger partial charge >= 0.3 is 0 Å². The molecule has 20 heavy (non-hydrogen) atoms. The molecule has 4 nitrogen and oxygen atoms in total. The SMILES string of the molecule is CCCCCC(C)(C)CNc1nccc(OCCC)n1. The zero-order valence-electron chi connectivity index (χ0n) is 13.4. The van der Waals surface area contributed by atoms with E-state index in [0.29, 0.717) is 18.4 Å². The van der Waals surface area contributed by atoms with Crippen molar-refractivity contribution in [2.75, 3.05) is 18.5 Å². The van der Waals surface area contributed by atoms with Gasteiger partial charge in [-0.25, -0.2) is 4.98 Å². The van der Waals surface area contributed by atoms with E-state index in [1.807, 2.05) is 0 Å². The Labute approximate surface area is 123 Å². The Kier molecular flexibility index (Phi) is 7.34. The van der Waals surface area contributed by atoms with Gasteiger partial charge in [-0.2, -0.15) is 4.98 Å². The van der Waals surface area contributed by atoms with Gasteiger partial charge in [-0.05, 0) is 18.3 Å². The average Bonchev–Trinajstić information content (AvgIpc) is 2.44. The number of hydrogen-bond donors (Lipinski definition) is 1. The lowest BCUT2D eigenvalue weighted by Crippen LogP contribution is -2.24. The molecule has 0 fully saturated rings. The van der Waals surface area contributed by atoms with E-state index in [1.165, 1.54) is 25.7 Å². The molecule has 114 valence electrons. The molecule has 0 aliphatic rings. The van der Waals surface area contributed by atoms with Crippen molar-refractivity contribution in [3.63, 3.8) is 0 Å². The van der Waals surface area contributed by atoms with Crippen LogP contribution in [-0.4, -0.2) is 23.1 Å². The topological polar surface area (TPSA) is 47.0 Å². The Morgan fingerprint density at radius 3 is 2.70 bits per heavy atom. The van der Waals surface area contributed by atoms with Crippen molar-refractivity contribution in [3.8, 4) is 5.88 Å². The Bertz CT molecular complexity index is 380. The summed E-state index contributed by atoms with van der Waals surface area (Å²) in [5, 5.41) is 3.33. The van der Waals surface area contributed by atoms with Crippen LogP contribution in [0.1, 0.15) is 59.8 Å². The predicted octanol–water partition coefficient (Wildman–Crippen LogP) is 4.28. The number of nitrogens with one attached hydrogen (secondary N) is 1. The van der Waals surface area contributed by atoms with Gasteiger partial charge < -0.3 is 10.1 Å². The molecule has 0 saturated carbocycles. The lowest BCUT2D eigenvalue weighted by molar-refractivity contribution is 0.304. The number of unbranched alkanes of at least 4 members (excludes halogenated alkanes) is 2. The molecule has 1 rings (SSSR count). The van der Waals surface area contributed by atoms with E-state index in [9.17, 15) is 0 Å². The lowest BCUT2D eigenvalue weighted by atomic mass is 9.87. The van der Waals surface area contributed by atoms with E-state index < -0.39 is 0 Å². The molecule has 0 aliphatic heterocycles. The van der Waals surface area contributed by atoms with Gasteiger partial charge in [-0.3, -0.25) is 0 Å². The Hall–Kier alpha value is -1.32. The summed E-state index contributed by atoms with van der Waals surface area (Å²) in [6.07, 6.45) is 7.80. The van der Waals surface area contributed by atoms with Crippen molar-refractivity contribution >= 4 is 5.95 Å². The minimum absolute atomic E-state index is 0.263. The van der Waals surface area contributed by atoms with Gasteiger partial charge in [0.1, 0.15) is 0 Å². The molecule has 0 aromatic carbocycles. The summed E-state index contributed by atoms with van der Waals surface area (Å²) in [6.45, 7) is 10.5. The first kappa shape index (κ1) is 16.7. The van der Waals surface area contributed by atoms with Crippen LogP contribution in [0.25, 0.3) is 0 Å². The first-order chi connectivity index (χ1) is 9.57. The molecule has 0 atom stereocenters. The summed E-state index contributed by atoms with van der Waals surface area (Å²) >= 11 is 0. The molecule has 1 aromatic heterocycles. The maximum Gasteiger partial charge on any atom is 0.225 e. The van der Waals surface area contributed by atoms with Crippen molar-refractivity contribution in [3.05, 3.63) is 12.3 Å². The second-order valence-electron chi connectivity index (χ2n) is 6.04. The molecule has 0 saturated heterocycles. The Morgan fingerprint density at radius 1 is 1.20 bits per heavy atom. The van der Waals surface area contributed by atoms with Gasteiger partial charge in [0.25, 0.3) is 0 Å². The van der Waals surface area contributed by atoms with Crippen molar-refractivity contribution in [1.29, 1.82) is 0 Å². The highest BCUT2D eigenvalue weighted by molar-refractivity contribution is 5.27. The van der Waals surface area contributed by atoms with Crippen molar-refractivity contribution in [2.24, 2.45) is 5.41 Å². The highest BCUT2D eigenvalue weighted by Gasteiger charge is 2.17. The molecule has 0 unspecified atom stereocenters. The third-order valence-corrected chi connectivity index (χ3v) is 3.27. The van der Waals surface area contributed by atoms with E-state index in [1.54, 1.807) is 12.3 Å². The number of nitrogens with zero attached hydrogens (tertiary/aromatic N) is 2. The second kappa shape index (κ2) is 8.77. The fraction of sp³-hybridized carbons (Fsp3) is 0.750.